The molecule has 0 aliphatic carbocycles. The Labute approximate surface area is 86.6 Å². The summed E-state index contributed by atoms with van der Waals surface area (Å²) >= 11 is 0. The van der Waals surface area contributed by atoms with Gasteiger partial charge in [-0.2, -0.15) is 0 Å². The molecule has 0 aliphatic heterocycles. The molecular weight excluding hydrogens is 225 g/mol. The van der Waals surface area contributed by atoms with Crippen molar-refractivity contribution in [2.24, 2.45) is 0 Å². The van der Waals surface area contributed by atoms with Crippen molar-refractivity contribution in [1.82, 2.24) is 5.32 Å². The van der Waals surface area contributed by atoms with Crippen molar-refractivity contribution >= 4 is 13.6 Å². The van der Waals surface area contributed by atoms with Crippen molar-refractivity contribution in [3.05, 3.63) is 12.7 Å². The van der Waals surface area contributed by atoms with Crippen LogP contribution in [0.1, 0.15) is 0 Å². The Morgan fingerprint density at radius 1 is 1.53 bits per heavy atom. The van der Waals surface area contributed by atoms with Crippen molar-refractivity contribution in [3.8, 4) is 0 Å². The standard InChI is InChI=1S/C7H14NO6P/c1-2-5(15(12,13)14)3-8-6(4-9)7(10)11/h2,5-6,8-9H,1,3-4H2,(H,10,11)(H2,12,13,14). The number of carbonyl (C=O) groups is 1. The average molecular weight is 239 g/mol. The lowest BCUT2D eigenvalue weighted by molar-refractivity contribution is -0.140. The number of hydrogen-bond donors (Lipinski definition) is 5. The molecule has 8 heteroatoms. The smallest absolute Gasteiger partial charge is 0.333 e. The molecule has 0 amide bonds. The minimum absolute atomic E-state index is 0.259. The SMILES string of the molecule is C=CC(CNC(CO)C(=O)O)P(=O)(O)O. The van der Waals surface area contributed by atoms with Crippen molar-refractivity contribution < 1.29 is 29.4 Å². The largest absolute Gasteiger partial charge is 0.480 e. The second kappa shape index (κ2) is 5.99. The Hall–Kier alpha value is -0.720. The molecule has 0 radical (unpaired) electrons. The number of rotatable bonds is 7. The van der Waals surface area contributed by atoms with E-state index in [-0.39, 0.29) is 6.54 Å². The van der Waals surface area contributed by atoms with E-state index in [0.29, 0.717) is 0 Å². The predicted octanol–water partition coefficient (Wildman–Crippen LogP) is -1.25. The third-order valence-electron chi connectivity index (χ3n) is 1.76. The van der Waals surface area contributed by atoms with Crippen LogP contribution in [0.25, 0.3) is 0 Å². The molecule has 2 unspecified atom stereocenters. The summed E-state index contributed by atoms with van der Waals surface area (Å²) in [7, 11) is -4.33. The van der Waals surface area contributed by atoms with Gasteiger partial charge in [0.25, 0.3) is 0 Å². The third-order valence-corrected chi connectivity index (χ3v) is 3.02. The average Bonchev–Trinajstić information content (AvgIpc) is 2.09. The molecule has 0 spiro atoms. The molecule has 0 heterocycles. The summed E-state index contributed by atoms with van der Waals surface area (Å²) in [5.41, 5.74) is -1.16. The molecule has 7 nitrogen and oxygen atoms in total. The number of carboxylic acids is 1. The van der Waals surface area contributed by atoms with Crippen LogP contribution in [0, 0.1) is 0 Å². The molecule has 0 aromatic carbocycles. The van der Waals surface area contributed by atoms with Gasteiger partial charge in [0.2, 0.25) is 0 Å². The van der Waals surface area contributed by atoms with E-state index in [1.807, 2.05) is 0 Å². The summed E-state index contributed by atoms with van der Waals surface area (Å²) in [5.74, 6) is -1.29. The lowest BCUT2D eigenvalue weighted by Gasteiger charge is -2.17. The quantitative estimate of drug-likeness (QED) is 0.277. The molecule has 0 fully saturated rings. The van der Waals surface area contributed by atoms with Crippen molar-refractivity contribution in [2.75, 3.05) is 13.2 Å². The van der Waals surface area contributed by atoms with Gasteiger partial charge in [-0.15, -0.1) is 6.58 Å². The van der Waals surface area contributed by atoms with Gasteiger partial charge in [-0.25, -0.2) is 0 Å². The first-order valence-electron chi connectivity index (χ1n) is 4.07. The second-order valence-electron chi connectivity index (χ2n) is 2.87. The topological polar surface area (TPSA) is 127 Å². The zero-order chi connectivity index (χ0) is 12.1. The van der Waals surface area contributed by atoms with Gasteiger partial charge < -0.3 is 25.3 Å². The highest BCUT2D eigenvalue weighted by atomic mass is 31.2. The number of nitrogens with one attached hydrogen (secondary N) is 1. The van der Waals surface area contributed by atoms with E-state index in [1.54, 1.807) is 0 Å². The van der Waals surface area contributed by atoms with Crippen LogP contribution in [0.2, 0.25) is 0 Å². The molecule has 0 rings (SSSR count). The van der Waals surface area contributed by atoms with Crippen LogP contribution in [0.15, 0.2) is 12.7 Å². The molecule has 0 aliphatic rings. The first-order chi connectivity index (χ1) is 6.82. The first-order valence-corrected chi connectivity index (χ1v) is 5.76. The van der Waals surface area contributed by atoms with Crippen LogP contribution < -0.4 is 5.32 Å². The first kappa shape index (κ1) is 14.3. The Morgan fingerprint density at radius 2 is 2.07 bits per heavy atom. The molecule has 15 heavy (non-hydrogen) atoms. The van der Waals surface area contributed by atoms with Crippen molar-refractivity contribution in [3.63, 3.8) is 0 Å². The lowest BCUT2D eigenvalue weighted by Crippen LogP contribution is -2.42. The third kappa shape index (κ3) is 5.06. The van der Waals surface area contributed by atoms with E-state index in [4.69, 9.17) is 20.0 Å². The Balaban J connectivity index is 4.29. The maximum absolute atomic E-state index is 10.8. The molecule has 0 saturated carbocycles. The predicted molar refractivity (Wildman–Crippen MR) is 52.5 cm³/mol. The van der Waals surface area contributed by atoms with E-state index >= 15 is 0 Å². The van der Waals surface area contributed by atoms with Crippen LogP contribution in [-0.4, -0.2) is 50.8 Å². The molecule has 2 atom stereocenters. The fourth-order valence-electron chi connectivity index (χ4n) is 0.833. The molecule has 0 aromatic heterocycles. The summed E-state index contributed by atoms with van der Waals surface area (Å²) in [4.78, 5) is 28.0. The molecule has 0 bridgehead atoms. The number of aliphatic hydroxyl groups excluding tert-OH is 1. The number of aliphatic carboxylic acids is 1. The van der Waals surface area contributed by atoms with Gasteiger partial charge in [0.05, 0.1) is 12.3 Å². The van der Waals surface area contributed by atoms with Gasteiger partial charge in [-0.05, 0) is 0 Å². The van der Waals surface area contributed by atoms with Crippen LogP contribution in [-0.2, 0) is 9.36 Å². The normalized spacial score (nSPS) is 15.7. The fourth-order valence-corrected chi connectivity index (χ4v) is 1.45. The highest BCUT2D eigenvalue weighted by molar-refractivity contribution is 7.52. The zero-order valence-corrected chi connectivity index (χ0v) is 8.80. The van der Waals surface area contributed by atoms with Crippen molar-refractivity contribution in [1.29, 1.82) is 0 Å². The summed E-state index contributed by atoms with van der Waals surface area (Å²) in [6.45, 7) is 2.32. The van der Waals surface area contributed by atoms with Gasteiger partial charge in [0, 0.05) is 6.54 Å². The Kier molecular flexibility index (Phi) is 5.71. The minimum atomic E-state index is -4.33. The zero-order valence-electron chi connectivity index (χ0n) is 7.91. The number of hydrogen-bond acceptors (Lipinski definition) is 4. The maximum Gasteiger partial charge on any atom is 0.333 e. The number of aliphatic hydroxyl groups is 1. The van der Waals surface area contributed by atoms with Crippen LogP contribution in [0.4, 0.5) is 0 Å². The van der Waals surface area contributed by atoms with E-state index in [2.05, 4.69) is 11.9 Å². The Morgan fingerprint density at radius 3 is 2.33 bits per heavy atom. The molecule has 5 N–H and O–H groups in total. The van der Waals surface area contributed by atoms with Gasteiger partial charge in [0.1, 0.15) is 6.04 Å². The van der Waals surface area contributed by atoms with E-state index < -0.39 is 31.9 Å². The Bertz CT molecular complexity index is 275. The number of carboxylic acid groups (broad SMARTS) is 1. The lowest BCUT2D eigenvalue weighted by atomic mass is 10.3. The van der Waals surface area contributed by atoms with Gasteiger partial charge in [0.15, 0.2) is 0 Å². The highest BCUT2D eigenvalue weighted by Crippen LogP contribution is 2.41. The molecule has 0 saturated heterocycles. The second-order valence-corrected chi connectivity index (χ2v) is 4.72. The van der Waals surface area contributed by atoms with E-state index in [1.165, 1.54) is 0 Å². The summed E-state index contributed by atoms with van der Waals surface area (Å²) in [5, 5.41) is 19.5. The summed E-state index contributed by atoms with van der Waals surface area (Å²) in [6, 6.07) is -1.24. The highest BCUT2D eigenvalue weighted by Gasteiger charge is 2.27. The molecule has 0 aromatic rings. The monoisotopic (exact) mass is 239 g/mol. The maximum atomic E-state index is 10.8. The van der Waals surface area contributed by atoms with Crippen molar-refractivity contribution in [2.45, 2.75) is 11.7 Å². The van der Waals surface area contributed by atoms with Crippen LogP contribution in [0.3, 0.4) is 0 Å². The summed E-state index contributed by atoms with van der Waals surface area (Å²) in [6.07, 6.45) is 1.05. The fraction of sp³-hybridized carbons (Fsp3) is 0.571. The van der Waals surface area contributed by atoms with Gasteiger partial charge >= 0.3 is 13.6 Å². The van der Waals surface area contributed by atoms with Gasteiger partial charge in [-0.1, -0.05) is 6.08 Å². The molecule has 88 valence electrons. The van der Waals surface area contributed by atoms with E-state index in [9.17, 15) is 9.36 Å². The minimum Gasteiger partial charge on any atom is -0.480 e. The molecular formula is C7H14NO6P. The van der Waals surface area contributed by atoms with Gasteiger partial charge in [-0.3, -0.25) is 9.36 Å². The summed E-state index contributed by atoms with van der Waals surface area (Å²) < 4.78 is 10.8. The van der Waals surface area contributed by atoms with E-state index in [0.717, 1.165) is 6.08 Å². The van der Waals surface area contributed by atoms with Crippen LogP contribution in [0.5, 0.6) is 0 Å². The van der Waals surface area contributed by atoms with Crippen LogP contribution >= 0.6 is 7.60 Å².